The average Bonchev–Trinajstić information content (AvgIpc) is 3.43. The highest BCUT2D eigenvalue weighted by Crippen LogP contribution is 2.27. The molecule has 0 aromatic rings. The number of hydrogen-bond acceptors (Lipinski definition) is 7. The van der Waals surface area contributed by atoms with Crippen molar-refractivity contribution in [3.63, 3.8) is 0 Å². The Bertz CT molecular complexity index is 266. The van der Waals surface area contributed by atoms with Gasteiger partial charge in [0.1, 0.15) is 12.2 Å². The van der Waals surface area contributed by atoms with E-state index in [1.807, 2.05) is 0 Å². The van der Waals surface area contributed by atoms with E-state index in [1.54, 1.807) is 14.2 Å². The Morgan fingerprint density at radius 1 is 0.739 bits per heavy atom. The van der Waals surface area contributed by atoms with Gasteiger partial charge in [-0.2, -0.15) is 0 Å². The number of epoxide rings is 2. The number of rotatable bonds is 16. The van der Waals surface area contributed by atoms with Crippen LogP contribution in [0.25, 0.3) is 0 Å². The first kappa shape index (κ1) is 19.1. The number of methoxy groups -OCH3 is 2. The first-order chi connectivity index (χ1) is 11.3. The van der Waals surface area contributed by atoms with E-state index < -0.39 is 0 Å². The van der Waals surface area contributed by atoms with Crippen LogP contribution in [0.15, 0.2) is 0 Å². The second-order valence-electron chi connectivity index (χ2n) is 5.74. The minimum absolute atomic E-state index is 0.0609. The standard InChI is InChI=1S/C16H30O7/c1-17-7-9-19-5-3-13(15-11-21-15)23-14(16-12-22-16)4-6-20-10-8-18-2/h13-16H,3-12H2,1-2H3. The first-order valence-electron chi connectivity index (χ1n) is 8.37. The zero-order chi connectivity index (χ0) is 16.3. The molecule has 2 heterocycles. The topological polar surface area (TPSA) is 71.2 Å². The molecule has 0 N–H and O–H groups in total. The highest BCUT2D eigenvalue weighted by atomic mass is 16.6. The van der Waals surface area contributed by atoms with Crippen molar-refractivity contribution in [3.8, 4) is 0 Å². The molecule has 2 rings (SSSR count). The van der Waals surface area contributed by atoms with E-state index in [9.17, 15) is 0 Å². The molecule has 2 aliphatic heterocycles. The van der Waals surface area contributed by atoms with E-state index >= 15 is 0 Å². The van der Waals surface area contributed by atoms with Crippen molar-refractivity contribution < 1.29 is 33.2 Å². The van der Waals surface area contributed by atoms with Crippen LogP contribution in [0.4, 0.5) is 0 Å². The van der Waals surface area contributed by atoms with Gasteiger partial charge >= 0.3 is 0 Å². The largest absolute Gasteiger partial charge is 0.382 e. The van der Waals surface area contributed by atoms with Gasteiger partial charge in [-0.25, -0.2) is 0 Å². The summed E-state index contributed by atoms with van der Waals surface area (Å²) in [5.74, 6) is 0. The van der Waals surface area contributed by atoms with Crippen LogP contribution in [-0.4, -0.2) is 91.5 Å². The van der Waals surface area contributed by atoms with Crippen LogP contribution in [0, 0.1) is 0 Å². The summed E-state index contributed by atoms with van der Waals surface area (Å²) in [5, 5.41) is 0. The molecule has 0 amide bonds. The van der Waals surface area contributed by atoms with Crippen molar-refractivity contribution in [2.75, 3.05) is 67.1 Å². The van der Waals surface area contributed by atoms with Gasteiger partial charge in [-0.05, 0) is 12.8 Å². The lowest BCUT2D eigenvalue weighted by Gasteiger charge is -2.23. The predicted octanol–water partition coefficient (Wildman–Crippen LogP) is 0.644. The number of ether oxygens (including phenoxy) is 7. The van der Waals surface area contributed by atoms with Crippen LogP contribution in [0.5, 0.6) is 0 Å². The Morgan fingerprint density at radius 3 is 1.52 bits per heavy atom. The molecule has 23 heavy (non-hydrogen) atoms. The summed E-state index contributed by atoms with van der Waals surface area (Å²) in [6, 6.07) is 0. The summed E-state index contributed by atoms with van der Waals surface area (Å²) in [4.78, 5) is 0. The zero-order valence-corrected chi connectivity index (χ0v) is 14.2. The molecule has 0 radical (unpaired) electrons. The van der Waals surface area contributed by atoms with E-state index in [0.29, 0.717) is 39.6 Å². The monoisotopic (exact) mass is 334 g/mol. The van der Waals surface area contributed by atoms with Crippen LogP contribution >= 0.6 is 0 Å². The molecule has 2 aliphatic rings. The molecule has 4 unspecified atom stereocenters. The summed E-state index contributed by atoms with van der Waals surface area (Å²) in [7, 11) is 3.34. The van der Waals surface area contributed by atoms with Gasteiger partial charge in [0, 0.05) is 27.4 Å². The second kappa shape index (κ2) is 11.3. The maximum atomic E-state index is 6.24. The fourth-order valence-corrected chi connectivity index (χ4v) is 2.34. The molecule has 0 aromatic carbocycles. The lowest BCUT2D eigenvalue weighted by Crippen LogP contribution is -2.32. The third-order valence-corrected chi connectivity index (χ3v) is 3.85. The quantitative estimate of drug-likeness (QED) is 0.303. The molecule has 7 nitrogen and oxygen atoms in total. The molecular weight excluding hydrogens is 304 g/mol. The van der Waals surface area contributed by atoms with Gasteiger partial charge in [0.2, 0.25) is 0 Å². The Balaban J connectivity index is 1.63. The summed E-state index contributed by atoms with van der Waals surface area (Å²) >= 11 is 0. The highest BCUT2D eigenvalue weighted by Gasteiger charge is 2.40. The van der Waals surface area contributed by atoms with E-state index in [0.717, 1.165) is 26.1 Å². The SMILES string of the molecule is COCCOCCC(OC(CCOCCOC)C1CO1)C1CO1. The Kier molecular flexibility index (Phi) is 9.36. The van der Waals surface area contributed by atoms with Gasteiger partial charge in [-0.1, -0.05) is 0 Å². The van der Waals surface area contributed by atoms with E-state index in [-0.39, 0.29) is 24.4 Å². The Hall–Kier alpha value is -0.280. The van der Waals surface area contributed by atoms with Crippen LogP contribution < -0.4 is 0 Å². The van der Waals surface area contributed by atoms with E-state index in [4.69, 9.17) is 33.2 Å². The van der Waals surface area contributed by atoms with Gasteiger partial charge in [-0.3, -0.25) is 0 Å². The number of hydrogen-bond donors (Lipinski definition) is 0. The molecular formula is C16H30O7. The highest BCUT2D eigenvalue weighted by molar-refractivity contribution is 4.86. The summed E-state index contributed by atoms with van der Waals surface area (Å²) < 4.78 is 38.1. The van der Waals surface area contributed by atoms with Crippen molar-refractivity contribution >= 4 is 0 Å². The van der Waals surface area contributed by atoms with Crippen molar-refractivity contribution in [1.82, 2.24) is 0 Å². The van der Waals surface area contributed by atoms with Crippen LogP contribution in [0.1, 0.15) is 12.8 Å². The fourth-order valence-electron chi connectivity index (χ4n) is 2.34. The maximum absolute atomic E-state index is 6.24. The zero-order valence-electron chi connectivity index (χ0n) is 14.2. The fraction of sp³-hybridized carbons (Fsp3) is 1.00. The normalized spacial score (nSPS) is 25.3. The summed E-state index contributed by atoms with van der Waals surface area (Å²) in [5.41, 5.74) is 0. The molecule has 0 spiro atoms. The molecule has 2 fully saturated rings. The molecule has 0 saturated carbocycles. The van der Waals surface area contributed by atoms with Crippen molar-refractivity contribution in [3.05, 3.63) is 0 Å². The third kappa shape index (κ3) is 8.39. The lowest BCUT2D eigenvalue weighted by molar-refractivity contribution is -0.0662. The molecule has 4 atom stereocenters. The smallest absolute Gasteiger partial charge is 0.107 e. The second-order valence-corrected chi connectivity index (χ2v) is 5.74. The molecule has 0 bridgehead atoms. The van der Waals surface area contributed by atoms with Crippen LogP contribution in [0.3, 0.4) is 0 Å². The molecule has 2 saturated heterocycles. The maximum Gasteiger partial charge on any atom is 0.107 e. The summed E-state index contributed by atoms with van der Waals surface area (Å²) in [6.07, 6.45) is 2.15. The van der Waals surface area contributed by atoms with Gasteiger partial charge in [0.15, 0.2) is 0 Å². The molecule has 0 aliphatic carbocycles. The average molecular weight is 334 g/mol. The Labute approximate surface area is 138 Å². The Morgan fingerprint density at radius 2 is 1.17 bits per heavy atom. The van der Waals surface area contributed by atoms with Crippen molar-refractivity contribution in [2.24, 2.45) is 0 Å². The van der Waals surface area contributed by atoms with Gasteiger partial charge < -0.3 is 33.2 Å². The van der Waals surface area contributed by atoms with Crippen LogP contribution in [-0.2, 0) is 33.2 Å². The predicted molar refractivity (Wildman–Crippen MR) is 82.8 cm³/mol. The van der Waals surface area contributed by atoms with E-state index in [1.165, 1.54) is 0 Å². The third-order valence-electron chi connectivity index (χ3n) is 3.85. The van der Waals surface area contributed by atoms with E-state index in [2.05, 4.69) is 0 Å². The van der Waals surface area contributed by atoms with Gasteiger partial charge in [0.05, 0.1) is 51.8 Å². The van der Waals surface area contributed by atoms with Crippen molar-refractivity contribution in [1.29, 1.82) is 0 Å². The minimum Gasteiger partial charge on any atom is -0.382 e. The van der Waals surface area contributed by atoms with Crippen LogP contribution in [0.2, 0.25) is 0 Å². The van der Waals surface area contributed by atoms with Crippen molar-refractivity contribution in [2.45, 2.75) is 37.3 Å². The molecule has 0 aromatic heterocycles. The molecule has 7 heteroatoms. The first-order valence-corrected chi connectivity index (χ1v) is 8.37. The molecule has 136 valence electrons. The summed E-state index contributed by atoms with van der Waals surface area (Å²) in [6.45, 7) is 5.28. The minimum atomic E-state index is 0.0609. The van der Waals surface area contributed by atoms with Gasteiger partial charge in [0.25, 0.3) is 0 Å². The lowest BCUT2D eigenvalue weighted by atomic mass is 10.1. The van der Waals surface area contributed by atoms with Gasteiger partial charge in [-0.15, -0.1) is 0 Å².